The van der Waals surface area contributed by atoms with Crippen LogP contribution in [0.2, 0.25) is 0 Å². The summed E-state index contributed by atoms with van der Waals surface area (Å²) in [5.74, 6) is 5.35. The van der Waals surface area contributed by atoms with Crippen LogP contribution in [0.15, 0.2) is 35.3 Å². The molecule has 1 amide bonds. The largest absolute Gasteiger partial charge is 0.363 e. The molecule has 0 saturated carbocycles. The average Bonchev–Trinajstić information content (AvgIpc) is 2.82. The predicted octanol–water partition coefficient (Wildman–Crippen LogP) is 0.608. The Balaban J connectivity index is 2.09. The maximum Gasteiger partial charge on any atom is 0.257 e. The first kappa shape index (κ1) is 10.1. The number of pyridine rings is 1. The quantitative estimate of drug-likeness (QED) is 0.515. The number of hydrogen-bond donors (Lipinski definition) is 3. The van der Waals surface area contributed by atoms with Gasteiger partial charge in [0.2, 0.25) is 0 Å². The first-order chi connectivity index (χ1) is 7.79. The third-order valence-corrected chi connectivity index (χ3v) is 1.86. The maximum atomic E-state index is 11.6. The van der Waals surface area contributed by atoms with Gasteiger partial charge in [-0.15, -0.1) is 0 Å². The van der Waals surface area contributed by atoms with Gasteiger partial charge in [-0.25, -0.2) is 10.8 Å². The highest BCUT2D eigenvalue weighted by Gasteiger charge is 2.07. The lowest BCUT2D eigenvalue weighted by atomic mass is 10.2. The van der Waals surface area contributed by atoms with Gasteiger partial charge in [-0.1, -0.05) is 5.16 Å². The van der Waals surface area contributed by atoms with Gasteiger partial charge in [-0.3, -0.25) is 4.79 Å². The monoisotopic (exact) mass is 219 g/mol. The van der Waals surface area contributed by atoms with Crippen LogP contribution in [0.3, 0.4) is 0 Å². The van der Waals surface area contributed by atoms with Crippen LogP contribution in [-0.2, 0) is 0 Å². The number of nitrogen functional groups attached to an aromatic ring is 1. The first-order valence-electron chi connectivity index (χ1n) is 4.43. The molecule has 0 aliphatic rings. The standard InChI is InChI=1S/C9H9N5O2/c10-14-8-2-1-6(3-11-8)9(15)13-7-4-12-16-5-7/h1-5H,10H2,(H,11,14)(H,13,15). The lowest BCUT2D eigenvalue weighted by Crippen LogP contribution is -2.13. The molecule has 2 rings (SSSR count). The molecule has 0 fully saturated rings. The molecule has 0 saturated heterocycles. The van der Waals surface area contributed by atoms with Crippen molar-refractivity contribution in [1.82, 2.24) is 10.1 Å². The summed E-state index contributed by atoms with van der Waals surface area (Å²) >= 11 is 0. The van der Waals surface area contributed by atoms with Gasteiger partial charge in [0, 0.05) is 6.20 Å². The van der Waals surface area contributed by atoms with Gasteiger partial charge in [-0.05, 0) is 12.1 Å². The van der Waals surface area contributed by atoms with Crippen molar-refractivity contribution in [3.63, 3.8) is 0 Å². The average molecular weight is 219 g/mol. The lowest BCUT2D eigenvalue weighted by molar-refractivity contribution is 0.102. The summed E-state index contributed by atoms with van der Waals surface area (Å²) in [6.07, 6.45) is 4.15. The van der Waals surface area contributed by atoms with E-state index >= 15 is 0 Å². The van der Waals surface area contributed by atoms with Crippen molar-refractivity contribution in [2.45, 2.75) is 0 Å². The zero-order chi connectivity index (χ0) is 11.4. The molecule has 0 radical (unpaired) electrons. The van der Waals surface area contributed by atoms with E-state index in [1.54, 1.807) is 12.1 Å². The molecule has 0 aromatic carbocycles. The SMILES string of the molecule is NNc1ccc(C(=O)Nc2cnoc2)cn1. The van der Waals surface area contributed by atoms with E-state index in [0.717, 1.165) is 0 Å². The van der Waals surface area contributed by atoms with Gasteiger partial charge in [0.05, 0.1) is 11.8 Å². The highest BCUT2D eigenvalue weighted by molar-refractivity contribution is 6.03. The summed E-state index contributed by atoms with van der Waals surface area (Å²) < 4.78 is 4.58. The van der Waals surface area contributed by atoms with Crippen molar-refractivity contribution in [3.05, 3.63) is 36.4 Å². The van der Waals surface area contributed by atoms with E-state index in [-0.39, 0.29) is 5.91 Å². The second-order valence-electron chi connectivity index (χ2n) is 2.94. The number of anilines is 2. The van der Waals surface area contributed by atoms with Crippen molar-refractivity contribution >= 4 is 17.4 Å². The Morgan fingerprint density at radius 3 is 2.81 bits per heavy atom. The molecule has 16 heavy (non-hydrogen) atoms. The third kappa shape index (κ3) is 2.15. The van der Waals surface area contributed by atoms with Gasteiger partial charge in [-0.2, -0.15) is 0 Å². The number of hydrogen-bond acceptors (Lipinski definition) is 6. The molecule has 0 aliphatic carbocycles. The lowest BCUT2D eigenvalue weighted by Gasteiger charge is -2.02. The van der Waals surface area contributed by atoms with Gasteiger partial charge >= 0.3 is 0 Å². The smallest absolute Gasteiger partial charge is 0.257 e. The van der Waals surface area contributed by atoms with E-state index in [0.29, 0.717) is 17.1 Å². The molecular formula is C9H9N5O2. The van der Waals surface area contributed by atoms with Crippen molar-refractivity contribution in [2.75, 3.05) is 10.7 Å². The zero-order valence-electron chi connectivity index (χ0n) is 8.18. The minimum absolute atomic E-state index is 0.292. The number of nitrogens with zero attached hydrogens (tertiary/aromatic N) is 2. The van der Waals surface area contributed by atoms with E-state index in [2.05, 4.69) is 25.4 Å². The minimum atomic E-state index is -0.292. The molecule has 2 heterocycles. The molecular weight excluding hydrogens is 210 g/mol. The number of amides is 1. The summed E-state index contributed by atoms with van der Waals surface area (Å²) in [5, 5.41) is 6.05. The fourth-order valence-corrected chi connectivity index (χ4v) is 1.08. The molecule has 82 valence electrons. The van der Waals surface area contributed by atoms with E-state index in [1.807, 2.05) is 0 Å². The van der Waals surface area contributed by atoms with Crippen LogP contribution in [0.5, 0.6) is 0 Å². The number of carbonyl (C=O) groups is 1. The van der Waals surface area contributed by atoms with Crippen molar-refractivity contribution in [2.24, 2.45) is 5.84 Å². The molecule has 0 aliphatic heterocycles. The fraction of sp³-hybridized carbons (Fsp3) is 0. The summed E-state index contributed by atoms with van der Waals surface area (Å²) in [5.41, 5.74) is 3.28. The Morgan fingerprint density at radius 2 is 2.25 bits per heavy atom. The normalized spacial score (nSPS) is 9.81. The van der Waals surface area contributed by atoms with E-state index in [9.17, 15) is 4.79 Å². The second-order valence-corrected chi connectivity index (χ2v) is 2.94. The summed E-state index contributed by atoms with van der Waals surface area (Å²) in [6, 6.07) is 3.20. The number of rotatable bonds is 3. The molecule has 4 N–H and O–H groups in total. The summed E-state index contributed by atoms with van der Waals surface area (Å²) in [6.45, 7) is 0. The summed E-state index contributed by atoms with van der Waals surface area (Å²) in [7, 11) is 0. The Morgan fingerprint density at radius 1 is 1.38 bits per heavy atom. The van der Waals surface area contributed by atoms with E-state index < -0.39 is 0 Å². The van der Waals surface area contributed by atoms with E-state index in [4.69, 9.17) is 5.84 Å². The van der Waals surface area contributed by atoms with Gasteiger partial charge in [0.25, 0.3) is 5.91 Å². The molecule has 0 atom stereocenters. The molecule has 7 heteroatoms. The van der Waals surface area contributed by atoms with E-state index in [1.165, 1.54) is 18.7 Å². The minimum Gasteiger partial charge on any atom is -0.363 e. The van der Waals surface area contributed by atoms with Crippen LogP contribution >= 0.6 is 0 Å². The van der Waals surface area contributed by atoms with Crippen LogP contribution in [0.1, 0.15) is 10.4 Å². The number of nitrogens with one attached hydrogen (secondary N) is 2. The zero-order valence-corrected chi connectivity index (χ0v) is 8.18. The van der Waals surface area contributed by atoms with Gasteiger partial charge in [0.1, 0.15) is 17.8 Å². The molecule has 0 bridgehead atoms. The Bertz CT molecular complexity index is 465. The maximum absolute atomic E-state index is 11.6. The van der Waals surface area contributed by atoms with Crippen LogP contribution in [0.4, 0.5) is 11.5 Å². The Kier molecular flexibility index (Phi) is 2.79. The Hall–Kier alpha value is -2.41. The second kappa shape index (κ2) is 4.41. The molecule has 2 aromatic rings. The number of hydrazine groups is 1. The molecule has 7 nitrogen and oxygen atoms in total. The molecule has 0 unspecified atom stereocenters. The van der Waals surface area contributed by atoms with Crippen LogP contribution in [-0.4, -0.2) is 16.0 Å². The van der Waals surface area contributed by atoms with Gasteiger partial charge < -0.3 is 15.3 Å². The van der Waals surface area contributed by atoms with Crippen molar-refractivity contribution in [3.8, 4) is 0 Å². The first-order valence-corrected chi connectivity index (χ1v) is 4.43. The van der Waals surface area contributed by atoms with Crippen LogP contribution in [0, 0.1) is 0 Å². The molecule has 2 aromatic heterocycles. The number of nitrogens with two attached hydrogens (primary N) is 1. The topological polar surface area (TPSA) is 106 Å². The summed E-state index contributed by atoms with van der Waals surface area (Å²) in [4.78, 5) is 15.6. The fourth-order valence-electron chi connectivity index (χ4n) is 1.08. The van der Waals surface area contributed by atoms with Crippen molar-refractivity contribution < 1.29 is 9.32 Å². The molecule has 0 spiro atoms. The predicted molar refractivity (Wildman–Crippen MR) is 56.5 cm³/mol. The van der Waals surface area contributed by atoms with Crippen molar-refractivity contribution in [1.29, 1.82) is 0 Å². The highest BCUT2D eigenvalue weighted by Crippen LogP contribution is 2.08. The number of carbonyl (C=O) groups excluding carboxylic acids is 1. The van der Waals surface area contributed by atoms with Crippen LogP contribution in [0.25, 0.3) is 0 Å². The van der Waals surface area contributed by atoms with Crippen LogP contribution < -0.4 is 16.6 Å². The highest BCUT2D eigenvalue weighted by atomic mass is 16.5. The number of aromatic nitrogens is 2. The van der Waals surface area contributed by atoms with Gasteiger partial charge in [0.15, 0.2) is 0 Å². The third-order valence-electron chi connectivity index (χ3n) is 1.86. The Labute approximate surface area is 90.6 Å².